The van der Waals surface area contributed by atoms with Crippen molar-refractivity contribution in [1.29, 1.82) is 0 Å². The zero-order valence-electron chi connectivity index (χ0n) is 10.7. The van der Waals surface area contributed by atoms with Crippen LogP contribution in [0, 0.1) is 0 Å². The van der Waals surface area contributed by atoms with Crippen molar-refractivity contribution in [2.75, 3.05) is 24.5 Å². The molecule has 3 nitrogen and oxygen atoms in total. The van der Waals surface area contributed by atoms with Gasteiger partial charge < -0.3 is 10.2 Å². The molecule has 98 valence electrons. The summed E-state index contributed by atoms with van der Waals surface area (Å²) in [4.78, 5) is 6.78. The van der Waals surface area contributed by atoms with Crippen LogP contribution >= 0.6 is 24.0 Å². The SMILES string of the molecule is C=CCN=C(NCC)N1CCc2ccccc21.I. The van der Waals surface area contributed by atoms with E-state index in [9.17, 15) is 0 Å². The van der Waals surface area contributed by atoms with Crippen molar-refractivity contribution in [2.45, 2.75) is 13.3 Å². The fourth-order valence-electron chi connectivity index (χ4n) is 2.10. The first-order valence-corrected chi connectivity index (χ1v) is 6.11. The number of para-hydroxylation sites is 1. The van der Waals surface area contributed by atoms with E-state index in [4.69, 9.17) is 0 Å². The summed E-state index contributed by atoms with van der Waals surface area (Å²) in [7, 11) is 0. The number of hydrogen-bond donors (Lipinski definition) is 1. The molecule has 0 radical (unpaired) electrons. The van der Waals surface area contributed by atoms with E-state index in [1.165, 1.54) is 11.3 Å². The van der Waals surface area contributed by atoms with Crippen LogP contribution in [0.15, 0.2) is 41.9 Å². The van der Waals surface area contributed by atoms with E-state index in [0.717, 1.165) is 25.5 Å². The van der Waals surface area contributed by atoms with Crippen LogP contribution in [0.3, 0.4) is 0 Å². The molecule has 1 heterocycles. The number of benzene rings is 1. The molecule has 0 amide bonds. The molecule has 1 N–H and O–H groups in total. The Bertz CT molecular complexity index is 429. The van der Waals surface area contributed by atoms with E-state index in [2.05, 4.69) is 53.0 Å². The van der Waals surface area contributed by atoms with E-state index in [-0.39, 0.29) is 24.0 Å². The highest BCUT2D eigenvalue weighted by atomic mass is 127. The zero-order chi connectivity index (χ0) is 12.1. The Morgan fingerprint density at radius 1 is 1.50 bits per heavy atom. The molecule has 18 heavy (non-hydrogen) atoms. The monoisotopic (exact) mass is 357 g/mol. The molecule has 0 aliphatic carbocycles. The first-order valence-electron chi connectivity index (χ1n) is 6.11. The normalized spacial score (nSPS) is 13.8. The zero-order valence-corrected chi connectivity index (χ0v) is 13.1. The van der Waals surface area contributed by atoms with Crippen molar-refractivity contribution in [3.63, 3.8) is 0 Å². The topological polar surface area (TPSA) is 27.6 Å². The molecular formula is C14H20IN3. The number of guanidine groups is 1. The fourth-order valence-corrected chi connectivity index (χ4v) is 2.10. The number of rotatable bonds is 3. The van der Waals surface area contributed by atoms with Crippen molar-refractivity contribution < 1.29 is 0 Å². The standard InChI is InChI=1S/C14H19N3.HI/c1-3-10-16-14(15-4-2)17-11-9-12-7-5-6-8-13(12)17;/h3,5-8H,1,4,9-11H2,2H3,(H,15,16);1H. The maximum atomic E-state index is 4.53. The van der Waals surface area contributed by atoms with Gasteiger partial charge in [0, 0.05) is 18.8 Å². The second kappa shape index (κ2) is 7.41. The van der Waals surface area contributed by atoms with Gasteiger partial charge in [-0.15, -0.1) is 30.6 Å². The van der Waals surface area contributed by atoms with Crippen LogP contribution < -0.4 is 10.2 Å². The summed E-state index contributed by atoms with van der Waals surface area (Å²) in [6.07, 6.45) is 2.91. The summed E-state index contributed by atoms with van der Waals surface area (Å²) in [5, 5.41) is 3.33. The molecule has 2 rings (SSSR count). The summed E-state index contributed by atoms with van der Waals surface area (Å²) in [5.41, 5.74) is 2.67. The minimum atomic E-state index is 0. The van der Waals surface area contributed by atoms with Gasteiger partial charge in [0.25, 0.3) is 0 Å². The summed E-state index contributed by atoms with van der Waals surface area (Å²) in [5.74, 6) is 0.956. The van der Waals surface area contributed by atoms with Gasteiger partial charge in [0.05, 0.1) is 6.54 Å². The number of halogens is 1. The van der Waals surface area contributed by atoms with Crippen molar-refractivity contribution in [1.82, 2.24) is 5.32 Å². The Kier molecular flexibility index (Phi) is 6.18. The largest absolute Gasteiger partial charge is 0.356 e. The summed E-state index contributed by atoms with van der Waals surface area (Å²) in [6, 6.07) is 8.51. The van der Waals surface area contributed by atoms with Crippen molar-refractivity contribution in [3.8, 4) is 0 Å². The average Bonchev–Trinajstić information content (AvgIpc) is 2.78. The van der Waals surface area contributed by atoms with Crippen LogP contribution in [-0.4, -0.2) is 25.6 Å². The molecule has 0 atom stereocenters. The Balaban J connectivity index is 0.00000162. The maximum Gasteiger partial charge on any atom is 0.198 e. The third kappa shape index (κ3) is 3.25. The van der Waals surface area contributed by atoms with Gasteiger partial charge in [0.15, 0.2) is 5.96 Å². The highest BCUT2D eigenvalue weighted by molar-refractivity contribution is 14.0. The summed E-state index contributed by atoms with van der Waals surface area (Å²) < 4.78 is 0. The van der Waals surface area contributed by atoms with Crippen LogP contribution in [0.4, 0.5) is 5.69 Å². The van der Waals surface area contributed by atoms with Crippen molar-refractivity contribution in [3.05, 3.63) is 42.5 Å². The highest BCUT2D eigenvalue weighted by Crippen LogP contribution is 2.27. The number of nitrogens with one attached hydrogen (secondary N) is 1. The predicted molar refractivity (Wildman–Crippen MR) is 89.1 cm³/mol. The van der Waals surface area contributed by atoms with E-state index < -0.39 is 0 Å². The second-order valence-corrected chi connectivity index (χ2v) is 4.01. The summed E-state index contributed by atoms with van der Waals surface area (Å²) >= 11 is 0. The molecule has 1 aromatic rings. The molecule has 0 unspecified atom stereocenters. The van der Waals surface area contributed by atoms with Crippen molar-refractivity contribution >= 4 is 35.6 Å². The number of aliphatic imine (C=N–C) groups is 1. The smallest absolute Gasteiger partial charge is 0.198 e. The van der Waals surface area contributed by atoms with Crippen molar-refractivity contribution in [2.24, 2.45) is 4.99 Å². The molecule has 0 saturated heterocycles. The molecule has 0 bridgehead atoms. The molecule has 4 heteroatoms. The van der Waals surface area contributed by atoms with Gasteiger partial charge in [0.2, 0.25) is 0 Å². The highest BCUT2D eigenvalue weighted by Gasteiger charge is 2.21. The van der Waals surface area contributed by atoms with Gasteiger partial charge in [-0.2, -0.15) is 0 Å². The Hall–Kier alpha value is -1.04. The molecule has 1 aromatic carbocycles. The third-order valence-electron chi connectivity index (χ3n) is 2.85. The van der Waals surface area contributed by atoms with E-state index in [0.29, 0.717) is 6.54 Å². The van der Waals surface area contributed by atoms with Crippen LogP contribution in [0.1, 0.15) is 12.5 Å². The quantitative estimate of drug-likeness (QED) is 0.390. The van der Waals surface area contributed by atoms with Gasteiger partial charge in [-0.25, -0.2) is 4.99 Å². The van der Waals surface area contributed by atoms with E-state index in [1.54, 1.807) is 0 Å². The minimum absolute atomic E-state index is 0. The lowest BCUT2D eigenvalue weighted by molar-refractivity contribution is 0.896. The van der Waals surface area contributed by atoms with E-state index >= 15 is 0 Å². The van der Waals surface area contributed by atoms with Gasteiger partial charge >= 0.3 is 0 Å². The van der Waals surface area contributed by atoms with Gasteiger partial charge in [-0.1, -0.05) is 24.3 Å². The Morgan fingerprint density at radius 2 is 2.28 bits per heavy atom. The predicted octanol–water partition coefficient (Wildman–Crippen LogP) is 2.82. The fraction of sp³-hybridized carbons (Fsp3) is 0.357. The van der Waals surface area contributed by atoms with Crippen LogP contribution in [0.2, 0.25) is 0 Å². The van der Waals surface area contributed by atoms with Gasteiger partial charge in [0.1, 0.15) is 0 Å². The van der Waals surface area contributed by atoms with E-state index in [1.807, 2.05) is 6.08 Å². The number of nitrogens with zero attached hydrogens (tertiary/aromatic N) is 2. The lowest BCUT2D eigenvalue weighted by Gasteiger charge is -2.22. The first-order chi connectivity index (χ1) is 8.36. The molecule has 0 fully saturated rings. The molecule has 0 saturated carbocycles. The number of hydrogen-bond acceptors (Lipinski definition) is 1. The van der Waals surface area contributed by atoms with Gasteiger partial charge in [-0.3, -0.25) is 0 Å². The lowest BCUT2D eigenvalue weighted by atomic mass is 10.2. The van der Waals surface area contributed by atoms with Gasteiger partial charge in [-0.05, 0) is 25.0 Å². The molecule has 1 aliphatic rings. The first kappa shape index (κ1) is 15.0. The molecular weight excluding hydrogens is 337 g/mol. The lowest BCUT2D eigenvalue weighted by Crippen LogP contribution is -2.40. The van der Waals surface area contributed by atoms with Crippen LogP contribution in [0.25, 0.3) is 0 Å². The molecule has 0 spiro atoms. The molecule has 0 aromatic heterocycles. The second-order valence-electron chi connectivity index (χ2n) is 4.01. The number of fused-ring (bicyclic) bond motifs is 1. The maximum absolute atomic E-state index is 4.53. The Morgan fingerprint density at radius 3 is 3.00 bits per heavy atom. The minimum Gasteiger partial charge on any atom is -0.356 e. The third-order valence-corrected chi connectivity index (χ3v) is 2.85. The van der Waals surface area contributed by atoms with Crippen LogP contribution in [-0.2, 0) is 6.42 Å². The summed E-state index contributed by atoms with van der Waals surface area (Å²) in [6.45, 7) is 8.34. The Labute approximate surface area is 126 Å². The van der Waals surface area contributed by atoms with Crippen LogP contribution in [0.5, 0.6) is 0 Å². The average molecular weight is 357 g/mol. The molecule has 1 aliphatic heterocycles. The number of anilines is 1.